The summed E-state index contributed by atoms with van der Waals surface area (Å²) in [5.41, 5.74) is 1.28. The molecule has 1 nitrogen and oxygen atoms in total. The lowest BCUT2D eigenvalue weighted by Crippen LogP contribution is -2.25. The number of rotatable bonds is 2. The summed E-state index contributed by atoms with van der Waals surface area (Å²) in [6.07, 6.45) is 7.89. The monoisotopic (exact) mass is 191 g/mol. The Labute approximate surface area is 87.8 Å². The van der Waals surface area contributed by atoms with Gasteiger partial charge in [-0.25, -0.2) is 0 Å². The first-order chi connectivity index (χ1) is 6.58. The zero-order valence-electron chi connectivity index (χ0n) is 9.64. The lowest BCUT2D eigenvalue weighted by molar-refractivity contribution is 0.213. The van der Waals surface area contributed by atoms with Crippen LogP contribution in [0.4, 0.5) is 0 Å². The molecule has 0 aliphatic heterocycles. The molecule has 0 N–H and O–H groups in total. The Hall–Kier alpha value is -0.770. The third kappa shape index (κ3) is 2.87. The highest BCUT2D eigenvalue weighted by Crippen LogP contribution is 2.41. The fraction of sp³-hybridized carbons (Fsp3) is 0.769. The molecule has 2 atom stereocenters. The van der Waals surface area contributed by atoms with E-state index in [1.807, 2.05) is 0 Å². The minimum atomic E-state index is -0.0467. The highest BCUT2D eigenvalue weighted by atomic mass is 14.4. The van der Waals surface area contributed by atoms with Gasteiger partial charge in [0.05, 0.1) is 11.5 Å². The van der Waals surface area contributed by atoms with Crippen LogP contribution in [0.25, 0.3) is 0 Å². The smallest absolute Gasteiger partial charge is 0.0693 e. The van der Waals surface area contributed by atoms with Crippen LogP contribution in [0.2, 0.25) is 0 Å². The van der Waals surface area contributed by atoms with Gasteiger partial charge in [-0.1, -0.05) is 31.4 Å². The standard InChI is InChI=1S/C13H21N/c1-11(2)6-8-13(10-14)7-4-5-12(3)9-13/h6,12H,4-5,7-9H2,1-3H3. The van der Waals surface area contributed by atoms with E-state index >= 15 is 0 Å². The Morgan fingerprint density at radius 2 is 2.29 bits per heavy atom. The summed E-state index contributed by atoms with van der Waals surface area (Å²) in [6, 6.07) is 2.56. The first-order valence-corrected chi connectivity index (χ1v) is 5.63. The first-order valence-electron chi connectivity index (χ1n) is 5.63. The predicted molar refractivity (Wildman–Crippen MR) is 59.7 cm³/mol. The SMILES string of the molecule is CC(C)=CCC1(C#N)CCCC(C)C1. The van der Waals surface area contributed by atoms with Gasteiger partial charge < -0.3 is 0 Å². The highest BCUT2D eigenvalue weighted by Gasteiger charge is 2.33. The summed E-state index contributed by atoms with van der Waals surface area (Å²) in [6.45, 7) is 6.49. The Balaban J connectivity index is 2.66. The van der Waals surface area contributed by atoms with Crippen LogP contribution in [-0.4, -0.2) is 0 Å². The topological polar surface area (TPSA) is 23.8 Å². The molecule has 1 fully saturated rings. The van der Waals surface area contributed by atoms with Crippen LogP contribution in [0.3, 0.4) is 0 Å². The van der Waals surface area contributed by atoms with Gasteiger partial charge in [-0.15, -0.1) is 0 Å². The Morgan fingerprint density at radius 3 is 2.79 bits per heavy atom. The van der Waals surface area contributed by atoms with Crippen molar-refractivity contribution in [2.24, 2.45) is 11.3 Å². The van der Waals surface area contributed by atoms with Crippen molar-refractivity contribution in [2.45, 2.75) is 52.9 Å². The van der Waals surface area contributed by atoms with Crippen molar-refractivity contribution in [3.63, 3.8) is 0 Å². The molecular weight excluding hydrogens is 170 g/mol. The molecular formula is C13H21N. The molecule has 0 aromatic rings. The Kier molecular flexibility index (Phi) is 3.75. The molecule has 0 saturated heterocycles. The Morgan fingerprint density at radius 1 is 1.57 bits per heavy atom. The van der Waals surface area contributed by atoms with Crippen LogP contribution in [0, 0.1) is 22.7 Å². The van der Waals surface area contributed by atoms with Crippen molar-refractivity contribution < 1.29 is 0 Å². The van der Waals surface area contributed by atoms with E-state index in [-0.39, 0.29) is 5.41 Å². The van der Waals surface area contributed by atoms with Crippen LogP contribution in [0.5, 0.6) is 0 Å². The van der Waals surface area contributed by atoms with Gasteiger partial charge in [0.1, 0.15) is 0 Å². The number of nitriles is 1. The van der Waals surface area contributed by atoms with Crippen molar-refractivity contribution in [1.29, 1.82) is 5.26 Å². The van der Waals surface area contributed by atoms with Crippen molar-refractivity contribution in [3.8, 4) is 6.07 Å². The van der Waals surface area contributed by atoms with Crippen molar-refractivity contribution in [1.82, 2.24) is 0 Å². The Bertz CT molecular complexity index is 255. The molecule has 14 heavy (non-hydrogen) atoms. The summed E-state index contributed by atoms with van der Waals surface area (Å²) >= 11 is 0. The van der Waals surface area contributed by atoms with Gasteiger partial charge in [0.2, 0.25) is 0 Å². The van der Waals surface area contributed by atoms with E-state index in [2.05, 4.69) is 32.9 Å². The quantitative estimate of drug-likeness (QED) is 0.604. The molecule has 0 spiro atoms. The molecule has 1 aliphatic rings. The van der Waals surface area contributed by atoms with E-state index in [4.69, 9.17) is 0 Å². The molecule has 1 heteroatoms. The lowest BCUT2D eigenvalue weighted by atomic mass is 9.69. The number of hydrogen-bond acceptors (Lipinski definition) is 1. The van der Waals surface area contributed by atoms with E-state index in [9.17, 15) is 5.26 Å². The summed E-state index contributed by atoms with van der Waals surface area (Å²) in [7, 11) is 0. The van der Waals surface area contributed by atoms with Crippen LogP contribution in [-0.2, 0) is 0 Å². The second-order valence-corrected chi connectivity index (χ2v) is 5.08. The molecule has 0 bridgehead atoms. The average molecular weight is 191 g/mol. The van der Waals surface area contributed by atoms with Gasteiger partial charge in [0.15, 0.2) is 0 Å². The fourth-order valence-electron chi connectivity index (χ4n) is 2.39. The largest absolute Gasteiger partial charge is 0.198 e. The molecule has 0 aromatic carbocycles. The second-order valence-electron chi connectivity index (χ2n) is 5.08. The maximum atomic E-state index is 9.29. The van der Waals surface area contributed by atoms with Crippen LogP contribution in [0.15, 0.2) is 11.6 Å². The van der Waals surface area contributed by atoms with Gasteiger partial charge in [-0.3, -0.25) is 0 Å². The summed E-state index contributed by atoms with van der Waals surface area (Å²) < 4.78 is 0. The average Bonchev–Trinajstić information content (AvgIpc) is 2.15. The minimum Gasteiger partial charge on any atom is -0.198 e. The summed E-state index contributed by atoms with van der Waals surface area (Å²) in [4.78, 5) is 0. The van der Waals surface area contributed by atoms with Gasteiger partial charge >= 0.3 is 0 Å². The summed E-state index contributed by atoms with van der Waals surface area (Å²) in [5.74, 6) is 0.731. The molecule has 0 aromatic heterocycles. The fourth-order valence-corrected chi connectivity index (χ4v) is 2.39. The van der Waals surface area contributed by atoms with Crippen LogP contribution in [0.1, 0.15) is 52.9 Å². The van der Waals surface area contributed by atoms with Gasteiger partial charge in [0, 0.05) is 0 Å². The second kappa shape index (κ2) is 4.64. The molecule has 0 amide bonds. The highest BCUT2D eigenvalue weighted by molar-refractivity contribution is 5.08. The third-order valence-corrected chi connectivity index (χ3v) is 3.23. The number of nitrogens with zero attached hydrogens (tertiary/aromatic N) is 1. The normalized spacial score (nSPS) is 32.0. The van der Waals surface area contributed by atoms with Gasteiger partial charge in [-0.2, -0.15) is 5.26 Å². The van der Waals surface area contributed by atoms with Crippen LogP contribution < -0.4 is 0 Å². The van der Waals surface area contributed by atoms with Crippen molar-refractivity contribution >= 4 is 0 Å². The van der Waals surface area contributed by atoms with Crippen LogP contribution >= 0.6 is 0 Å². The van der Waals surface area contributed by atoms with E-state index < -0.39 is 0 Å². The van der Waals surface area contributed by atoms with Crippen molar-refractivity contribution in [2.75, 3.05) is 0 Å². The van der Waals surface area contributed by atoms with Gasteiger partial charge in [-0.05, 0) is 39.0 Å². The number of hydrogen-bond donors (Lipinski definition) is 0. The van der Waals surface area contributed by atoms with E-state index in [0.29, 0.717) is 0 Å². The predicted octanol–water partition coefficient (Wildman–Crippen LogP) is 4.06. The van der Waals surface area contributed by atoms with Crippen molar-refractivity contribution in [3.05, 3.63) is 11.6 Å². The van der Waals surface area contributed by atoms with E-state index in [1.165, 1.54) is 18.4 Å². The minimum absolute atomic E-state index is 0.0467. The van der Waals surface area contributed by atoms with Gasteiger partial charge in [0.25, 0.3) is 0 Å². The third-order valence-electron chi connectivity index (χ3n) is 3.23. The van der Waals surface area contributed by atoms with E-state index in [0.717, 1.165) is 25.2 Å². The summed E-state index contributed by atoms with van der Waals surface area (Å²) in [5, 5.41) is 9.29. The zero-order chi connectivity index (χ0) is 10.6. The first kappa shape index (κ1) is 11.3. The lowest BCUT2D eigenvalue weighted by Gasteiger charge is -2.33. The maximum Gasteiger partial charge on any atom is 0.0693 e. The zero-order valence-corrected chi connectivity index (χ0v) is 9.64. The molecule has 1 saturated carbocycles. The molecule has 1 aliphatic carbocycles. The molecule has 78 valence electrons. The molecule has 1 rings (SSSR count). The molecule has 2 unspecified atom stereocenters. The number of allylic oxidation sites excluding steroid dienone is 2. The molecule has 0 heterocycles. The maximum absolute atomic E-state index is 9.29. The molecule has 0 radical (unpaired) electrons. The van der Waals surface area contributed by atoms with E-state index in [1.54, 1.807) is 0 Å².